The van der Waals surface area contributed by atoms with Crippen molar-refractivity contribution in [3.8, 4) is 5.75 Å². The molecular weight excluding hydrogens is 487 g/mol. The van der Waals surface area contributed by atoms with Gasteiger partial charge in [0.2, 0.25) is 5.91 Å². The number of phosphoric ester groups is 1. The number of nitrogens with zero attached hydrogens (tertiary/aromatic N) is 2. The summed E-state index contributed by atoms with van der Waals surface area (Å²) in [6.45, 7) is 3.10. The summed E-state index contributed by atoms with van der Waals surface area (Å²) in [6.07, 6.45) is 12.5. The minimum absolute atomic E-state index is 0.0869. The molecule has 8 nitrogen and oxygen atoms in total. The minimum atomic E-state index is -4.58. The van der Waals surface area contributed by atoms with Gasteiger partial charge in [0, 0.05) is 24.0 Å². The fraction of sp³-hybridized carbons (Fsp3) is 0.600. The molecule has 10 heteroatoms. The molecule has 0 saturated carbocycles. The Balaban J connectivity index is 1.75. The summed E-state index contributed by atoms with van der Waals surface area (Å²) in [7, 11) is -4.58. The molecule has 0 saturated heterocycles. The molecule has 1 heterocycles. The molecule has 0 aliphatic heterocycles. The third-order valence-electron chi connectivity index (χ3n) is 5.60. The Labute approximate surface area is 213 Å². The van der Waals surface area contributed by atoms with Crippen molar-refractivity contribution in [2.24, 2.45) is 0 Å². The number of hydrogen-bond acceptors (Lipinski definition) is 6. The Morgan fingerprint density at radius 1 is 1.06 bits per heavy atom. The van der Waals surface area contributed by atoms with E-state index < -0.39 is 7.82 Å². The number of aryl methyl sites for hydroxylation is 1. The zero-order chi connectivity index (χ0) is 25.4. The Morgan fingerprint density at radius 2 is 1.80 bits per heavy atom. The normalized spacial score (nSPS) is 11.5. The lowest BCUT2D eigenvalue weighted by molar-refractivity contribution is -0.132. The van der Waals surface area contributed by atoms with Crippen LogP contribution in [0.25, 0.3) is 0 Å². The maximum absolute atomic E-state index is 12.9. The summed E-state index contributed by atoms with van der Waals surface area (Å²) in [5.41, 5.74) is 1.01. The maximum Gasteiger partial charge on any atom is 0.469 e. The van der Waals surface area contributed by atoms with Gasteiger partial charge in [-0.05, 0) is 48.1 Å². The fourth-order valence-corrected chi connectivity index (χ4v) is 4.61. The van der Waals surface area contributed by atoms with Gasteiger partial charge in [-0.1, -0.05) is 64.0 Å². The van der Waals surface area contributed by atoms with E-state index in [9.17, 15) is 9.36 Å². The van der Waals surface area contributed by atoms with E-state index in [1.165, 1.54) is 56.5 Å². The highest BCUT2D eigenvalue weighted by Gasteiger charge is 2.18. The van der Waals surface area contributed by atoms with Crippen LogP contribution in [0.4, 0.5) is 0 Å². The van der Waals surface area contributed by atoms with Crippen molar-refractivity contribution >= 4 is 25.3 Å². The lowest BCUT2D eigenvalue weighted by Gasteiger charge is -2.22. The van der Waals surface area contributed by atoms with Crippen LogP contribution in [-0.2, 0) is 26.8 Å². The molecule has 1 aromatic carbocycles. The number of amides is 1. The SMILES string of the molecule is CCCCCCCCCCOc1cccc(CCC(=O)N(CCOP(=O)(O)O)Cc2ccns2)c1. The van der Waals surface area contributed by atoms with Crippen LogP contribution in [0.3, 0.4) is 0 Å². The largest absolute Gasteiger partial charge is 0.494 e. The van der Waals surface area contributed by atoms with Crippen LogP contribution in [0, 0.1) is 0 Å². The van der Waals surface area contributed by atoms with Gasteiger partial charge in [0.15, 0.2) is 0 Å². The van der Waals surface area contributed by atoms with Gasteiger partial charge >= 0.3 is 7.82 Å². The topological polar surface area (TPSA) is 109 Å². The highest BCUT2D eigenvalue weighted by molar-refractivity contribution is 7.46. The van der Waals surface area contributed by atoms with Crippen LogP contribution < -0.4 is 4.74 Å². The Kier molecular flexibility index (Phi) is 14.2. The maximum atomic E-state index is 12.9. The minimum Gasteiger partial charge on any atom is -0.494 e. The number of carbonyl (C=O) groups excluding carboxylic acids is 1. The molecule has 0 spiro atoms. The summed E-state index contributed by atoms with van der Waals surface area (Å²) in [4.78, 5) is 33.1. The molecule has 0 radical (unpaired) electrons. The van der Waals surface area contributed by atoms with Crippen molar-refractivity contribution in [2.75, 3.05) is 19.8 Å². The number of hydrogen-bond donors (Lipinski definition) is 2. The second kappa shape index (κ2) is 16.8. The summed E-state index contributed by atoms with van der Waals surface area (Å²) >= 11 is 1.29. The first kappa shape index (κ1) is 29.5. The van der Waals surface area contributed by atoms with Crippen LogP contribution in [0.1, 0.15) is 75.2 Å². The van der Waals surface area contributed by atoms with Crippen LogP contribution in [0.5, 0.6) is 5.75 Å². The zero-order valence-corrected chi connectivity index (χ0v) is 22.4. The van der Waals surface area contributed by atoms with E-state index in [0.717, 1.165) is 22.6 Å². The molecular formula is C25H39N2O6PS. The molecule has 0 aliphatic carbocycles. The first-order valence-electron chi connectivity index (χ1n) is 12.5. The van der Waals surface area contributed by atoms with Crippen LogP contribution in [0.2, 0.25) is 0 Å². The second-order valence-corrected chi connectivity index (χ2v) is 10.7. The summed E-state index contributed by atoms with van der Waals surface area (Å²) in [5.74, 6) is 0.701. The Hall–Kier alpha value is -1.77. The molecule has 0 unspecified atom stereocenters. The molecule has 35 heavy (non-hydrogen) atoms. The molecule has 2 aromatic rings. The van der Waals surface area contributed by atoms with Crippen LogP contribution in [-0.4, -0.2) is 44.7 Å². The van der Waals surface area contributed by atoms with E-state index in [1.54, 1.807) is 11.1 Å². The van der Waals surface area contributed by atoms with Crippen molar-refractivity contribution in [2.45, 2.75) is 77.7 Å². The third-order valence-corrected chi connectivity index (χ3v) is 6.85. The number of aromatic nitrogens is 1. The second-order valence-electron chi connectivity index (χ2n) is 8.59. The highest BCUT2D eigenvalue weighted by atomic mass is 32.1. The van der Waals surface area contributed by atoms with E-state index in [2.05, 4.69) is 15.8 Å². The van der Waals surface area contributed by atoms with E-state index >= 15 is 0 Å². The molecule has 2 rings (SSSR count). The van der Waals surface area contributed by atoms with Gasteiger partial charge in [-0.15, -0.1) is 0 Å². The monoisotopic (exact) mass is 526 g/mol. The predicted octanol–water partition coefficient (Wildman–Crippen LogP) is 5.73. The quantitative estimate of drug-likeness (QED) is 0.178. The highest BCUT2D eigenvalue weighted by Crippen LogP contribution is 2.35. The van der Waals surface area contributed by atoms with Gasteiger partial charge in [-0.25, -0.2) is 8.94 Å². The third kappa shape index (κ3) is 13.8. The lowest BCUT2D eigenvalue weighted by atomic mass is 10.1. The van der Waals surface area contributed by atoms with Gasteiger partial charge in [-0.3, -0.25) is 9.32 Å². The predicted molar refractivity (Wildman–Crippen MR) is 138 cm³/mol. The van der Waals surface area contributed by atoms with Gasteiger partial charge < -0.3 is 19.4 Å². The Morgan fingerprint density at radius 3 is 2.49 bits per heavy atom. The molecule has 0 fully saturated rings. The van der Waals surface area contributed by atoms with Gasteiger partial charge in [-0.2, -0.15) is 0 Å². The number of carbonyl (C=O) groups is 1. The smallest absolute Gasteiger partial charge is 0.469 e. The first-order chi connectivity index (χ1) is 16.9. The lowest BCUT2D eigenvalue weighted by Crippen LogP contribution is -2.33. The number of unbranched alkanes of at least 4 members (excludes halogenated alkanes) is 7. The number of phosphoric acid groups is 1. The summed E-state index contributed by atoms with van der Waals surface area (Å²) in [6, 6.07) is 9.64. The van der Waals surface area contributed by atoms with Crippen molar-refractivity contribution in [3.63, 3.8) is 0 Å². The van der Waals surface area contributed by atoms with Gasteiger partial charge in [0.05, 0.1) is 19.8 Å². The van der Waals surface area contributed by atoms with Crippen LogP contribution in [0.15, 0.2) is 36.5 Å². The van der Waals surface area contributed by atoms with Crippen molar-refractivity contribution in [3.05, 3.63) is 47.0 Å². The average molecular weight is 527 g/mol. The first-order valence-corrected chi connectivity index (χ1v) is 14.8. The molecule has 1 aromatic heterocycles. The molecule has 2 N–H and O–H groups in total. The summed E-state index contributed by atoms with van der Waals surface area (Å²) < 4.78 is 25.5. The number of benzene rings is 1. The summed E-state index contributed by atoms with van der Waals surface area (Å²) in [5, 5.41) is 0. The molecule has 196 valence electrons. The average Bonchev–Trinajstić information content (AvgIpc) is 3.33. The number of rotatable bonds is 19. The van der Waals surface area contributed by atoms with Crippen molar-refractivity contribution < 1.29 is 28.4 Å². The number of ether oxygens (including phenoxy) is 1. The van der Waals surface area contributed by atoms with E-state index in [-0.39, 0.29) is 25.5 Å². The molecule has 0 bridgehead atoms. The van der Waals surface area contributed by atoms with Crippen LogP contribution >= 0.6 is 19.4 Å². The van der Waals surface area contributed by atoms with E-state index in [1.807, 2.05) is 30.3 Å². The zero-order valence-electron chi connectivity index (χ0n) is 20.6. The van der Waals surface area contributed by atoms with Crippen molar-refractivity contribution in [1.82, 2.24) is 9.27 Å². The Bertz CT molecular complexity index is 890. The standard InChI is InChI=1S/C25H39N2O6PS/c1-2-3-4-5-6-7-8-9-18-32-23-12-10-11-22(20-23)13-14-25(28)27(17-19-33-34(29,30)31)21-24-15-16-26-35-24/h10-12,15-16,20H,2-9,13-14,17-19,21H2,1H3,(H2,29,30,31). The fourth-order valence-electron chi connectivity index (χ4n) is 3.70. The molecule has 0 atom stereocenters. The van der Waals surface area contributed by atoms with Gasteiger partial charge in [0.25, 0.3) is 0 Å². The molecule has 1 amide bonds. The van der Waals surface area contributed by atoms with E-state index in [4.69, 9.17) is 14.5 Å². The molecule has 0 aliphatic rings. The van der Waals surface area contributed by atoms with Crippen molar-refractivity contribution in [1.29, 1.82) is 0 Å². The van der Waals surface area contributed by atoms with E-state index in [0.29, 0.717) is 19.6 Å². The van der Waals surface area contributed by atoms with Gasteiger partial charge in [0.1, 0.15) is 5.75 Å².